The number of imidazole rings is 1. The lowest BCUT2D eigenvalue weighted by Gasteiger charge is -2.23. The van der Waals surface area contributed by atoms with E-state index in [0.29, 0.717) is 35.5 Å². The second kappa shape index (κ2) is 11.4. The van der Waals surface area contributed by atoms with Gasteiger partial charge in [-0.1, -0.05) is 18.2 Å². The maximum atomic E-state index is 13.7. The van der Waals surface area contributed by atoms with Crippen LogP contribution in [-0.2, 0) is 16.1 Å². The number of hydrogen-bond donors (Lipinski definition) is 4. The second-order valence-electron chi connectivity index (χ2n) is 8.51. The number of nitrogens with zero attached hydrogens (tertiary/aromatic N) is 2. The van der Waals surface area contributed by atoms with Crippen molar-refractivity contribution in [3.05, 3.63) is 89.2 Å². The van der Waals surface area contributed by atoms with Crippen LogP contribution in [0.4, 0.5) is 11.4 Å². The largest absolute Gasteiger partial charge is 0.466 e. The van der Waals surface area contributed by atoms with Crippen LogP contribution in [0.2, 0.25) is 0 Å². The van der Waals surface area contributed by atoms with Gasteiger partial charge in [-0.05, 0) is 67.9 Å². The average Bonchev–Trinajstić information content (AvgIpc) is 3.33. The van der Waals surface area contributed by atoms with Gasteiger partial charge in [0.1, 0.15) is 11.7 Å². The monoisotopic (exact) mass is 498 g/mol. The van der Waals surface area contributed by atoms with Gasteiger partial charge in [0, 0.05) is 29.0 Å². The predicted octanol–water partition coefficient (Wildman–Crippen LogP) is 4.37. The van der Waals surface area contributed by atoms with Crippen molar-refractivity contribution >= 4 is 40.1 Å². The summed E-state index contributed by atoms with van der Waals surface area (Å²) >= 11 is 0. The Morgan fingerprint density at radius 1 is 1.08 bits per heavy atom. The Kier molecular flexibility index (Phi) is 7.83. The summed E-state index contributed by atoms with van der Waals surface area (Å²) in [7, 11) is 0. The molecule has 0 atom stereocenters. The van der Waals surface area contributed by atoms with Crippen molar-refractivity contribution in [2.75, 3.05) is 23.4 Å². The molecule has 9 nitrogen and oxygen atoms in total. The maximum absolute atomic E-state index is 13.7. The number of aromatic amines is 1. The molecular formula is C28H30N6O3. The first-order valence-electron chi connectivity index (χ1n) is 12.1. The quantitative estimate of drug-likeness (QED) is 0.146. The lowest BCUT2D eigenvalue weighted by Crippen LogP contribution is -2.33. The van der Waals surface area contributed by atoms with E-state index in [2.05, 4.69) is 10.3 Å². The molecular weight excluding hydrogens is 468 g/mol. The molecule has 1 heterocycles. The number of hydrogen-bond acceptors (Lipinski definition) is 6. The third-order valence-electron chi connectivity index (χ3n) is 6.00. The van der Waals surface area contributed by atoms with E-state index in [0.717, 1.165) is 22.6 Å². The molecule has 0 aliphatic carbocycles. The molecule has 4 aromatic rings. The third kappa shape index (κ3) is 5.95. The number of para-hydroxylation sites is 1. The van der Waals surface area contributed by atoms with Crippen LogP contribution < -0.4 is 16.0 Å². The highest BCUT2D eigenvalue weighted by atomic mass is 16.5. The number of benzene rings is 3. The van der Waals surface area contributed by atoms with Gasteiger partial charge in [0.05, 0.1) is 30.6 Å². The summed E-state index contributed by atoms with van der Waals surface area (Å²) in [6.45, 7) is 4.59. The van der Waals surface area contributed by atoms with E-state index in [9.17, 15) is 9.59 Å². The smallest absolute Gasteiger partial charge is 0.307 e. The van der Waals surface area contributed by atoms with Gasteiger partial charge < -0.3 is 25.7 Å². The summed E-state index contributed by atoms with van der Waals surface area (Å²) in [5.41, 5.74) is 10.6. The fourth-order valence-electron chi connectivity index (χ4n) is 4.07. The number of carbonyl (C=O) groups is 2. The number of esters is 1. The van der Waals surface area contributed by atoms with Crippen LogP contribution in [0.25, 0.3) is 11.0 Å². The van der Waals surface area contributed by atoms with Gasteiger partial charge in [-0.15, -0.1) is 0 Å². The molecule has 0 aliphatic rings. The van der Waals surface area contributed by atoms with Gasteiger partial charge in [-0.25, -0.2) is 4.98 Å². The minimum absolute atomic E-state index is 0.0244. The van der Waals surface area contributed by atoms with Crippen LogP contribution in [0.15, 0.2) is 66.7 Å². The lowest BCUT2D eigenvalue weighted by atomic mass is 10.0. The van der Waals surface area contributed by atoms with Crippen LogP contribution in [0.1, 0.15) is 40.7 Å². The van der Waals surface area contributed by atoms with E-state index in [1.165, 1.54) is 0 Å². The molecule has 0 aliphatic heterocycles. The van der Waals surface area contributed by atoms with Crippen LogP contribution >= 0.6 is 0 Å². The van der Waals surface area contributed by atoms with Gasteiger partial charge in [0.2, 0.25) is 0 Å². The van der Waals surface area contributed by atoms with Crippen molar-refractivity contribution < 1.29 is 14.3 Å². The number of ether oxygens (including phenoxy) is 1. The Bertz CT molecular complexity index is 1410. The molecule has 5 N–H and O–H groups in total. The number of anilines is 2. The minimum Gasteiger partial charge on any atom is -0.466 e. The first-order valence-corrected chi connectivity index (χ1v) is 12.1. The molecule has 0 unspecified atom stereocenters. The molecule has 1 aromatic heterocycles. The normalized spacial score (nSPS) is 10.8. The maximum Gasteiger partial charge on any atom is 0.307 e. The molecule has 4 rings (SSSR count). The molecule has 190 valence electrons. The Morgan fingerprint density at radius 2 is 1.81 bits per heavy atom. The van der Waals surface area contributed by atoms with Crippen LogP contribution in [-0.4, -0.2) is 40.8 Å². The minimum atomic E-state index is -0.344. The number of rotatable bonds is 10. The number of nitrogens with two attached hydrogens (primary N) is 1. The van der Waals surface area contributed by atoms with Crippen molar-refractivity contribution in [3.63, 3.8) is 0 Å². The Labute approximate surface area is 215 Å². The highest BCUT2D eigenvalue weighted by molar-refractivity contribution is 6.09. The van der Waals surface area contributed by atoms with Crippen LogP contribution in [0.3, 0.4) is 0 Å². The van der Waals surface area contributed by atoms with Gasteiger partial charge in [-0.2, -0.15) is 0 Å². The average molecular weight is 499 g/mol. The Hall–Kier alpha value is -4.66. The summed E-state index contributed by atoms with van der Waals surface area (Å²) < 4.78 is 5.06. The second-order valence-corrected chi connectivity index (χ2v) is 8.51. The van der Waals surface area contributed by atoms with Gasteiger partial charge in [0.25, 0.3) is 5.91 Å². The molecule has 37 heavy (non-hydrogen) atoms. The van der Waals surface area contributed by atoms with Crippen LogP contribution in [0.5, 0.6) is 0 Å². The summed E-state index contributed by atoms with van der Waals surface area (Å²) in [6, 6.07) is 20.2. The number of nitrogens with one attached hydrogen (secondary N) is 3. The highest BCUT2D eigenvalue weighted by Crippen LogP contribution is 2.24. The molecule has 3 aromatic carbocycles. The summed E-state index contributed by atoms with van der Waals surface area (Å²) in [6.07, 6.45) is 0.0986. The number of aromatic nitrogens is 2. The number of aryl methyl sites for hydroxylation is 1. The standard InChI is InChI=1S/C28H30N6O3/c1-3-37-25(35)15-16-34(21-7-5-4-6-8-21)28(36)22-13-14-23-26(18(22)2)33-24(32-23)17-31-20-11-9-19(10-12-20)27(29)30/h4-14,31H,3,15-17H2,1-2H3,(H3,29,30)(H,32,33). The topological polar surface area (TPSA) is 137 Å². The molecule has 0 fully saturated rings. The van der Waals surface area contributed by atoms with Crippen molar-refractivity contribution in [2.45, 2.75) is 26.8 Å². The molecule has 0 bridgehead atoms. The van der Waals surface area contributed by atoms with Crippen molar-refractivity contribution in [2.24, 2.45) is 5.73 Å². The van der Waals surface area contributed by atoms with Gasteiger partial charge in [0.15, 0.2) is 0 Å². The van der Waals surface area contributed by atoms with E-state index >= 15 is 0 Å². The van der Waals surface area contributed by atoms with Gasteiger partial charge in [-0.3, -0.25) is 15.0 Å². The third-order valence-corrected chi connectivity index (χ3v) is 6.00. The van der Waals surface area contributed by atoms with E-state index in [1.54, 1.807) is 30.0 Å². The van der Waals surface area contributed by atoms with Crippen molar-refractivity contribution in [3.8, 4) is 0 Å². The lowest BCUT2D eigenvalue weighted by molar-refractivity contribution is -0.142. The molecule has 0 spiro atoms. The molecule has 9 heteroatoms. The van der Waals surface area contributed by atoms with E-state index in [1.807, 2.05) is 55.5 Å². The number of fused-ring (bicyclic) bond motifs is 1. The summed E-state index contributed by atoms with van der Waals surface area (Å²) in [5, 5.41) is 10.8. The summed E-state index contributed by atoms with van der Waals surface area (Å²) in [4.78, 5) is 35.3. The Morgan fingerprint density at radius 3 is 2.49 bits per heavy atom. The van der Waals surface area contributed by atoms with Gasteiger partial charge >= 0.3 is 5.97 Å². The van der Waals surface area contributed by atoms with Crippen molar-refractivity contribution in [1.29, 1.82) is 5.41 Å². The number of nitrogen functional groups attached to an aromatic ring is 1. The Balaban J connectivity index is 1.55. The SMILES string of the molecule is CCOC(=O)CCN(C(=O)c1ccc2[nH]c(CNc3ccc(C(=N)N)cc3)nc2c1C)c1ccccc1. The first-order chi connectivity index (χ1) is 17.9. The molecule has 0 saturated carbocycles. The number of amides is 1. The zero-order valence-electron chi connectivity index (χ0n) is 20.9. The van der Waals surface area contributed by atoms with E-state index < -0.39 is 0 Å². The summed E-state index contributed by atoms with van der Waals surface area (Å²) in [5.74, 6) is 0.198. The van der Waals surface area contributed by atoms with Crippen LogP contribution in [0, 0.1) is 12.3 Å². The number of H-pyrrole nitrogens is 1. The first kappa shape index (κ1) is 25.4. The fraction of sp³-hybridized carbons (Fsp3) is 0.214. The van der Waals surface area contributed by atoms with Crippen molar-refractivity contribution in [1.82, 2.24) is 9.97 Å². The molecule has 0 saturated heterocycles. The predicted molar refractivity (Wildman–Crippen MR) is 145 cm³/mol. The zero-order valence-corrected chi connectivity index (χ0v) is 20.9. The van der Waals surface area contributed by atoms with E-state index in [-0.39, 0.29) is 30.7 Å². The zero-order chi connectivity index (χ0) is 26.4. The fourth-order valence-corrected chi connectivity index (χ4v) is 4.07. The number of carbonyl (C=O) groups excluding carboxylic acids is 2. The van der Waals surface area contributed by atoms with E-state index in [4.69, 9.17) is 20.9 Å². The molecule has 1 amide bonds. The molecule has 0 radical (unpaired) electrons. The highest BCUT2D eigenvalue weighted by Gasteiger charge is 2.22. The number of amidine groups is 1.